The van der Waals surface area contributed by atoms with Gasteiger partial charge < -0.3 is 10.6 Å². The van der Waals surface area contributed by atoms with E-state index in [1.165, 1.54) is 6.07 Å². The maximum Gasteiger partial charge on any atom is 0.217 e. The highest BCUT2D eigenvalue weighted by atomic mass is 35.5. The number of hydrogen-bond donors (Lipinski definition) is 1. The van der Waals surface area contributed by atoms with Crippen LogP contribution in [-0.4, -0.2) is 43.5 Å². The molecule has 112 valence electrons. The molecule has 0 bridgehead atoms. The van der Waals surface area contributed by atoms with Crippen LogP contribution in [0.15, 0.2) is 24.3 Å². The second kappa shape index (κ2) is 8.07. The van der Waals surface area contributed by atoms with E-state index in [0.29, 0.717) is 12.1 Å². The van der Waals surface area contributed by atoms with Crippen LogP contribution in [0.5, 0.6) is 0 Å². The number of halogens is 2. The van der Waals surface area contributed by atoms with Gasteiger partial charge in [0.25, 0.3) is 0 Å². The van der Waals surface area contributed by atoms with Crippen LogP contribution in [0.1, 0.15) is 12.8 Å². The summed E-state index contributed by atoms with van der Waals surface area (Å²) < 4.78 is 13.7. The molecule has 1 saturated heterocycles. The van der Waals surface area contributed by atoms with E-state index >= 15 is 0 Å². The van der Waals surface area contributed by atoms with E-state index in [-0.39, 0.29) is 24.1 Å². The highest BCUT2D eigenvalue weighted by molar-refractivity contribution is 5.85. The molecule has 1 aromatic carbocycles. The van der Waals surface area contributed by atoms with Gasteiger partial charge in [0, 0.05) is 32.6 Å². The molecule has 1 aliphatic rings. The van der Waals surface area contributed by atoms with Crippen LogP contribution >= 0.6 is 12.4 Å². The van der Waals surface area contributed by atoms with Crippen molar-refractivity contribution >= 4 is 24.0 Å². The number of carbonyl (C=O) groups excluding carboxylic acids is 1. The lowest BCUT2D eigenvalue weighted by Gasteiger charge is -2.36. The molecule has 0 spiro atoms. The molecule has 1 heterocycles. The lowest BCUT2D eigenvalue weighted by atomic mass is 10.2. The fourth-order valence-electron chi connectivity index (χ4n) is 2.40. The van der Waals surface area contributed by atoms with Crippen molar-refractivity contribution in [2.75, 3.05) is 37.6 Å². The van der Waals surface area contributed by atoms with Crippen LogP contribution in [-0.2, 0) is 4.79 Å². The third-order valence-corrected chi connectivity index (χ3v) is 3.46. The van der Waals surface area contributed by atoms with E-state index in [9.17, 15) is 9.18 Å². The van der Waals surface area contributed by atoms with E-state index in [0.717, 1.165) is 39.1 Å². The van der Waals surface area contributed by atoms with Crippen molar-refractivity contribution < 1.29 is 9.18 Å². The first-order chi connectivity index (χ1) is 9.16. The number of nitrogens with zero attached hydrogens (tertiary/aromatic N) is 2. The first-order valence-corrected chi connectivity index (χ1v) is 6.67. The van der Waals surface area contributed by atoms with Crippen molar-refractivity contribution in [2.24, 2.45) is 5.73 Å². The number of anilines is 1. The average molecular weight is 302 g/mol. The number of para-hydroxylation sites is 1. The lowest BCUT2D eigenvalue weighted by Crippen LogP contribution is -2.47. The van der Waals surface area contributed by atoms with Gasteiger partial charge in [-0.05, 0) is 25.1 Å². The highest BCUT2D eigenvalue weighted by Crippen LogP contribution is 2.20. The maximum atomic E-state index is 13.7. The Balaban J connectivity index is 0.00000200. The van der Waals surface area contributed by atoms with Gasteiger partial charge in [-0.15, -0.1) is 12.4 Å². The summed E-state index contributed by atoms with van der Waals surface area (Å²) in [5, 5.41) is 0. The smallest absolute Gasteiger partial charge is 0.217 e. The van der Waals surface area contributed by atoms with Crippen LogP contribution in [0.3, 0.4) is 0 Å². The fourth-order valence-corrected chi connectivity index (χ4v) is 2.40. The van der Waals surface area contributed by atoms with E-state index < -0.39 is 0 Å². The standard InChI is InChI=1S/C14H20FN3O.ClH/c15-12-4-1-2-5-13(12)18-10-8-17(9-11-18)7-3-6-14(16)19;/h1-2,4-5H,3,6-11H2,(H2,16,19);1H. The molecule has 2 rings (SSSR count). The molecule has 0 radical (unpaired) electrons. The Labute approximate surface area is 125 Å². The summed E-state index contributed by atoms with van der Waals surface area (Å²) in [6.45, 7) is 4.31. The zero-order chi connectivity index (χ0) is 13.7. The Hall–Kier alpha value is -1.33. The SMILES string of the molecule is Cl.NC(=O)CCCN1CCN(c2ccccc2F)CC1. The summed E-state index contributed by atoms with van der Waals surface area (Å²) in [6.07, 6.45) is 1.24. The quantitative estimate of drug-likeness (QED) is 0.899. The molecule has 6 heteroatoms. The van der Waals surface area contributed by atoms with Gasteiger partial charge in [0.05, 0.1) is 5.69 Å². The Morgan fingerprint density at radius 1 is 1.20 bits per heavy atom. The third-order valence-electron chi connectivity index (χ3n) is 3.46. The molecule has 0 atom stereocenters. The van der Waals surface area contributed by atoms with Crippen molar-refractivity contribution in [3.8, 4) is 0 Å². The summed E-state index contributed by atoms with van der Waals surface area (Å²) in [7, 11) is 0. The van der Waals surface area contributed by atoms with Gasteiger partial charge in [0.1, 0.15) is 5.82 Å². The van der Waals surface area contributed by atoms with Crippen LogP contribution in [0.25, 0.3) is 0 Å². The molecule has 20 heavy (non-hydrogen) atoms. The van der Waals surface area contributed by atoms with Crippen molar-refractivity contribution in [1.82, 2.24) is 4.90 Å². The van der Waals surface area contributed by atoms with Gasteiger partial charge >= 0.3 is 0 Å². The largest absolute Gasteiger partial charge is 0.370 e. The highest BCUT2D eigenvalue weighted by Gasteiger charge is 2.18. The van der Waals surface area contributed by atoms with Gasteiger partial charge in [0.2, 0.25) is 5.91 Å². The fraction of sp³-hybridized carbons (Fsp3) is 0.500. The van der Waals surface area contributed by atoms with Crippen LogP contribution in [0.2, 0.25) is 0 Å². The van der Waals surface area contributed by atoms with Crippen molar-refractivity contribution in [3.63, 3.8) is 0 Å². The molecule has 0 aliphatic carbocycles. The van der Waals surface area contributed by atoms with Gasteiger partial charge in [0.15, 0.2) is 0 Å². The number of nitrogens with two attached hydrogens (primary N) is 1. The Morgan fingerprint density at radius 2 is 1.85 bits per heavy atom. The molecule has 1 amide bonds. The molecule has 4 nitrogen and oxygen atoms in total. The van der Waals surface area contributed by atoms with E-state index in [4.69, 9.17) is 5.73 Å². The minimum absolute atomic E-state index is 0. The lowest BCUT2D eigenvalue weighted by molar-refractivity contribution is -0.118. The van der Waals surface area contributed by atoms with Crippen LogP contribution < -0.4 is 10.6 Å². The predicted octanol–water partition coefficient (Wildman–Crippen LogP) is 1.63. The van der Waals surface area contributed by atoms with Crippen molar-refractivity contribution in [1.29, 1.82) is 0 Å². The third kappa shape index (κ3) is 4.65. The molecule has 1 aliphatic heterocycles. The summed E-state index contributed by atoms with van der Waals surface area (Å²) in [6, 6.07) is 6.88. The molecule has 1 fully saturated rings. The Kier molecular flexibility index (Phi) is 6.75. The van der Waals surface area contributed by atoms with Gasteiger partial charge in [-0.3, -0.25) is 9.69 Å². The van der Waals surface area contributed by atoms with E-state index in [2.05, 4.69) is 9.80 Å². The average Bonchev–Trinajstić information content (AvgIpc) is 2.40. The first kappa shape index (κ1) is 16.7. The molecular formula is C14H21ClFN3O. The summed E-state index contributed by atoms with van der Waals surface area (Å²) >= 11 is 0. The normalized spacial score (nSPS) is 15.8. The van der Waals surface area contributed by atoms with Crippen LogP contribution in [0, 0.1) is 5.82 Å². The van der Waals surface area contributed by atoms with E-state index in [1.807, 2.05) is 12.1 Å². The topological polar surface area (TPSA) is 49.6 Å². The summed E-state index contributed by atoms with van der Waals surface area (Å²) in [4.78, 5) is 15.0. The van der Waals surface area contributed by atoms with Crippen LogP contribution in [0.4, 0.5) is 10.1 Å². The molecule has 0 saturated carbocycles. The molecular weight excluding hydrogens is 281 g/mol. The molecule has 0 unspecified atom stereocenters. The number of hydrogen-bond acceptors (Lipinski definition) is 3. The zero-order valence-electron chi connectivity index (χ0n) is 11.4. The minimum Gasteiger partial charge on any atom is -0.370 e. The molecule has 1 aromatic rings. The second-order valence-electron chi connectivity index (χ2n) is 4.85. The van der Waals surface area contributed by atoms with Gasteiger partial charge in [-0.1, -0.05) is 12.1 Å². The minimum atomic E-state index is -0.245. The summed E-state index contributed by atoms with van der Waals surface area (Å²) in [5.74, 6) is -0.408. The zero-order valence-corrected chi connectivity index (χ0v) is 12.2. The monoisotopic (exact) mass is 301 g/mol. The maximum absolute atomic E-state index is 13.7. The molecule has 2 N–H and O–H groups in total. The Bertz CT molecular complexity index is 436. The van der Waals surface area contributed by atoms with Gasteiger partial charge in [-0.2, -0.15) is 0 Å². The molecule has 0 aromatic heterocycles. The van der Waals surface area contributed by atoms with Crippen molar-refractivity contribution in [3.05, 3.63) is 30.1 Å². The van der Waals surface area contributed by atoms with Gasteiger partial charge in [-0.25, -0.2) is 4.39 Å². The second-order valence-corrected chi connectivity index (χ2v) is 4.85. The number of amides is 1. The number of primary amides is 1. The van der Waals surface area contributed by atoms with Crippen molar-refractivity contribution in [2.45, 2.75) is 12.8 Å². The van der Waals surface area contributed by atoms with E-state index in [1.54, 1.807) is 6.07 Å². The number of carbonyl (C=O) groups is 1. The summed E-state index contributed by atoms with van der Waals surface area (Å²) in [5.41, 5.74) is 5.80. The number of benzene rings is 1. The number of piperazine rings is 1. The Morgan fingerprint density at radius 3 is 2.45 bits per heavy atom. The number of rotatable bonds is 5. The first-order valence-electron chi connectivity index (χ1n) is 6.67. The predicted molar refractivity (Wildman–Crippen MR) is 80.7 cm³/mol.